The molecular formula is C15H23NO2S. The molecule has 1 aromatic carbocycles. The SMILES string of the molecule is CCN(CC(C)(C)O)C(=O)C(C)Sc1ccccc1. The van der Waals surface area contributed by atoms with Crippen molar-refractivity contribution in [1.82, 2.24) is 4.90 Å². The minimum absolute atomic E-state index is 0.0680. The molecule has 0 aromatic heterocycles. The molecule has 1 rings (SSSR count). The van der Waals surface area contributed by atoms with Crippen molar-refractivity contribution in [3.05, 3.63) is 30.3 Å². The summed E-state index contributed by atoms with van der Waals surface area (Å²) in [7, 11) is 0. The zero-order valence-electron chi connectivity index (χ0n) is 12.1. The summed E-state index contributed by atoms with van der Waals surface area (Å²) >= 11 is 1.55. The van der Waals surface area contributed by atoms with Gasteiger partial charge in [0.1, 0.15) is 0 Å². The van der Waals surface area contributed by atoms with Crippen LogP contribution in [0.15, 0.2) is 35.2 Å². The molecule has 0 fully saturated rings. The van der Waals surface area contributed by atoms with Crippen molar-refractivity contribution < 1.29 is 9.90 Å². The van der Waals surface area contributed by atoms with Gasteiger partial charge in [0.05, 0.1) is 10.9 Å². The Morgan fingerprint density at radius 2 is 1.95 bits per heavy atom. The summed E-state index contributed by atoms with van der Waals surface area (Å²) in [5, 5.41) is 9.69. The van der Waals surface area contributed by atoms with Crippen LogP contribution in [0.3, 0.4) is 0 Å². The molecular weight excluding hydrogens is 258 g/mol. The quantitative estimate of drug-likeness (QED) is 0.815. The molecule has 0 aliphatic rings. The molecule has 0 spiro atoms. The highest BCUT2D eigenvalue weighted by molar-refractivity contribution is 8.00. The van der Waals surface area contributed by atoms with Crippen LogP contribution in [0.5, 0.6) is 0 Å². The van der Waals surface area contributed by atoms with Crippen LogP contribution in [0.2, 0.25) is 0 Å². The predicted molar refractivity (Wildman–Crippen MR) is 80.3 cm³/mol. The lowest BCUT2D eigenvalue weighted by Crippen LogP contribution is -2.44. The first-order valence-electron chi connectivity index (χ1n) is 6.56. The van der Waals surface area contributed by atoms with Crippen LogP contribution in [0.4, 0.5) is 0 Å². The Balaban J connectivity index is 2.64. The molecule has 1 N–H and O–H groups in total. The maximum absolute atomic E-state index is 12.4. The summed E-state index contributed by atoms with van der Waals surface area (Å²) < 4.78 is 0. The Kier molecular flexibility index (Phi) is 5.88. The van der Waals surface area contributed by atoms with E-state index in [9.17, 15) is 9.90 Å². The minimum Gasteiger partial charge on any atom is -0.389 e. The van der Waals surface area contributed by atoms with E-state index in [1.54, 1.807) is 30.5 Å². The number of carbonyl (C=O) groups is 1. The van der Waals surface area contributed by atoms with E-state index in [1.807, 2.05) is 44.2 Å². The van der Waals surface area contributed by atoms with Gasteiger partial charge >= 0.3 is 0 Å². The second-order valence-corrected chi connectivity index (χ2v) is 6.65. The fourth-order valence-corrected chi connectivity index (χ4v) is 2.80. The summed E-state index contributed by atoms with van der Waals surface area (Å²) in [4.78, 5) is 15.1. The molecule has 0 aliphatic carbocycles. The number of likely N-dealkylation sites (N-methyl/N-ethyl adjacent to an activating group) is 1. The molecule has 106 valence electrons. The van der Waals surface area contributed by atoms with Gasteiger partial charge in [0.25, 0.3) is 0 Å². The van der Waals surface area contributed by atoms with Crippen molar-refractivity contribution in [2.45, 2.75) is 43.4 Å². The number of hydrogen-bond donors (Lipinski definition) is 1. The highest BCUT2D eigenvalue weighted by Gasteiger charge is 2.25. The average molecular weight is 281 g/mol. The molecule has 1 amide bonds. The van der Waals surface area contributed by atoms with Crippen LogP contribution in [-0.2, 0) is 4.79 Å². The molecule has 1 atom stereocenters. The Hall–Kier alpha value is -1.00. The summed E-state index contributed by atoms with van der Waals surface area (Å²) in [5.41, 5.74) is -0.858. The number of benzene rings is 1. The van der Waals surface area contributed by atoms with Crippen molar-refractivity contribution in [2.24, 2.45) is 0 Å². The van der Waals surface area contributed by atoms with Crippen LogP contribution in [0.25, 0.3) is 0 Å². The first-order chi connectivity index (χ1) is 8.83. The third-order valence-electron chi connectivity index (χ3n) is 2.68. The normalized spacial score (nSPS) is 13.1. The van der Waals surface area contributed by atoms with E-state index < -0.39 is 5.60 Å². The molecule has 4 heteroatoms. The number of amides is 1. The van der Waals surface area contributed by atoms with Gasteiger partial charge in [-0.2, -0.15) is 0 Å². The third kappa shape index (κ3) is 5.66. The Morgan fingerprint density at radius 3 is 2.42 bits per heavy atom. The summed E-state index contributed by atoms with van der Waals surface area (Å²) in [6.45, 7) is 8.26. The molecule has 1 unspecified atom stereocenters. The van der Waals surface area contributed by atoms with E-state index >= 15 is 0 Å². The average Bonchev–Trinajstić information content (AvgIpc) is 2.35. The Labute approximate surface area is 120 Å². The van der Waals surface area contributed by atoms with Gasteiger partial charge in [0.15, 0.2) is 0 Å². The molecule has 0 radical (unpaired) electrons. The fraction of sp³-hybridized carbons (Fsp3) is 0.533. The zero-order valence-corrected chi connectivity index (χ0v) is 12.9. The molecule has 19 heavy (non-hydrogen) atoms. The van der Waals surface area contributed by atoms with Crippen LogP contribution >= 0.6 is 11.8 Å². The van der Waals surface area contributed by atoms with Gasteiger partial charge in [-0.1, -0.05) is 18.2 Å². The van der Waals surface area contributed by atoms with E-state index in [-0.39, 0.29) is 11.2 Å². The van der Waals surface area contributed by atoms with Gasteiger partial charge in [0.2, 0.25) is 5.91 Å². The number of carbonyl (C=O) groups excluding carboxylic acids is 1. The maximum atomic E-state index is 12.4. The van der Waals surface area contributed by atoms with Crippen molar-refractivity contribution in [3.63, 3.8) is 0 Å². The van der Waals surface area contributed by atoms with Crippen LogP contribution in [0.1, 0.15) is 27.7 Å². The topological polar surface area (TPSA) is 40.5 Å². The van der Waals surface area contributed by atoms with Crippen LogP contribution < -0.4 is 0 Å². The largest absolute Gasteiger partial charge is 0.389 e. The Bertz CT molecular complexity index is 400. The summed E-state index contributed by atoms with van der Waals surface area (Å²) in [6, 6.07) is 9.90. The highest BCUT2D eigenvalue weighted by Crippen LogP contribution is 2.24. The maximum Gasteiger partial charge on any atom is 0.235 e. The molecule has 3 nitrogen and oxygen atoms in total. The van der Waals surface area contributed by atoms with Crippen LogP contribution in [0, 0.1) is 0 Å². The smallest absolute Gasteiger partial charge is 0.235 e. The van der Waals surface area contributed by atoms with E-state index in [2.05, 4.69) is 0 Å². The van der Waals surface area contributed by atoms with E-state index in [0.717, 1.165) is 4.90 Å². The predicted octanol–water partition coefficient (Wildman–Crippen LogP) is 2.79. The highest BCUT2D eigenvalue weighted by atomic mass is 32.2. The standard InChI is InChI=1S/C15H23NO2S/c1-5-16(11-15(3,4)18)14(17)12(2)19-13-9-7-6-8-10-13/h6-10,12,18H,5,11H2,1-4H3. The first kappa shape index (κ1) is 16.1. The summed E-state index contributed by atoms with van der Waals surface area (Å²) in [6.07, 6.45) is 0. The second kappa shape index (κ2) is 6.96. The van der Waals surface area contributed by atoms with Crippen molar-refractivity contribution in [3.8, 4) is 0 Å². The van der Waals surface area contributed by atoms with Gasteiger partial charge in [-0.15, -0.1) is 11.8 Å². The van der Waals surface area contributed by atoms with Gasteiger partial charge in [-0.25, -0.2) is 0 Å². The number of hydrogen-bond acceptors (Lipinski definition) is 3. The van der Waals surface area contributed by atoms with Gasteiger partial charge in [-0.05, 0) is 39.8 Å². The molecule has 0 bridgehead atoms. The fourth-order valence-electron chi connectivity index (χ4n) is 1.82. The third-order valence-corrected chi connectivity index (χ3v) is 3.77. The van der Waals surface area contributed by atoms with Crippen molar-refractivity contribution >= 4 is 17.7 Å². The van der Waals surface area contributed by atoms with Gasteiger partial charge in [-0.3, -0.25) is 4.79 Å². The minimum atomic E-state index is -0.858. The monoisotopic (exact) mass is 281 g/mol. The van der Waals surface area contributed by atoms with Crippen molar-refractivity contribution in [1.29, 1.82) is 0 Å². The van der Waals surface area contributed by atoms with E-state index in [0.29, 0.717) is 13.1 Å². The first-order valence-corrected chi connectivity index (χ1v) is 7.44. The lowest BCUT2D eigenvalue weighted by atomic mass is 10.1. The van der Waals surface area contributed by atoms with Gasteiger partial charge < -0.3 is 10.0 Å². The van der Waals surface area contributed by atoms with Crippen LogP contribution in [-0.4, -0.2) is 39.9 Å². The molecule has 0 saturated heterocycles. The lowest BCUT2D eigenvalue weighted by Gasteiger charge is -2.30. The van der Waals surface area contributed by atoms with E-state index in [1.165, 1.54) is 0 Å². The van der Waals surface area contributed by atoms with Gasteiger partial charge in [0, 0.05) is 18.0 Å². The summed E-state index contributed by atoms with van der Waals surface area (Å²) in [5.74, 6) is 0.0680. The number of aliphatic hydroxyl groups is 1. The Morgan fingerprint density at radius 1 is 1.37 bits per heavy atom. The molecule has 0 aliphatic heterocycles. The molecule has 0 saturated carbocycles. The number of rotatable bonds is 6. The molecule has 0 heterocycles. The molecule has 1 aromatic rings. The lowest BCUT2D eigenvalue weighted by molar-refractivity contribution is -0.133. The second-order valence-electron chi connectivity index (χ2n) is 5.24. The van der Waals surface area contributed by atoms with Crippen molar-refractivity contribution in [2.75, 3.05) is 13.1 Å². The number of thioether (sulfide) groups is 1. The van der Waals surface area contributed by atoms with E-state index in [4.69, 9.17) is 0 Å². The zero-order chi connectivity index (χ0) is 14.5. The number of nitrogens with zero attached hydrogens (tertiary/aromatic N) is 1.